The summed E-state index contributed by atoms with van der Waals surface area (Å²) in [5, 5.41) is 3.26. The van der Waals surface area contributed by atoms with Crippen LogP contribution in [0, 0.1) is 5.82 Å². The lowest BCUT2D eigenvalue weighted by Crippen LogP contribution is -2.46. The highest BCUT2D eigenvalue weighted by molar-refractivity contribution is 6.07. The lowest BCUT2D eigenvalue weighted by Gasteiger charge is -2.16. The fraction of sp³-hybridized carbons (Fsp3) is 0.105. The van der Waals surface area contributed by atoms with Crippen molar-refractivity contribution in [3.05, 3.63) is 77.7 Å². The van der Waals surface area contributed by atoms with E-state index in [1.807, 2.05) is 6.07 Å². The van der Waals surface area contributed by atoms with Crippen LogP contribution in [-0.4, -0.2) is 22.8 Å². The number of nitrogens with two attached hydrogens (primary N) is 1. The van der Waals surface area contributed by atoms with Crippen molar-refractivity contribution in [2.45, 2.75) is 12.5 Å². The minimum absolute atomic E-state index is 0.0171. The highest BCUT2D eigenvalue weighted by atomic mass is 19.1. The van der Waals surface area contributed by atoms with E-state index in [1.54, 1.807) is 42.5 Å². The van der Waals surface area contributed by atoms with E-state index in [4.69, 9.17) is 5.73 Å². The minimum atomic E-state index is -1.02. The lowest BCUT2D eigenvalue weighted by atomic mass is 10.0. The summed E-state index contributed by atoms with van der Waals surface area (Å²) in [6, 6.07) is 13.8. The molecule has 3 aromatic rings. The van der Waals surface area contributed by atoms with Gasteiger partial charge in [-0.15, -0.1) is 0 Å². The SMILES string of the molecule is NC(=O)[C@@H](Cc1ccccc1F)NC(=O)c1ccnc2ccccc12. The molecule has 6 heteroatoms. The number of fused-ring (bicyclic) bond motifs is 1. The van der Waals surface area contributed by atoms with Crippen LogP contribution in [0.2, 0.25) is 0 Å². The fourth-order valence-electron chi connectivity index (χ4n) is 2.64. The van der Waals surface area contributed by atoms with Crippen molar-refractivity contribution in [1.29, 1.82) is 0 Å². The molecule has 3 rings (SSSR count). The largest absolute Gasteiger partial charge is 0.368 e. The summed E-state index contributed by atoms with van der Waals surface area (Å²) in [4.78, 5) is 28.5. The molecule has 3 N–H and O–H groups in total. The second-order valence-corrected chi connectivity index (χ2v) is 5.60. The van der Waals surface area contributed by atoms with Crippen LogP contribution >= 0.6 is 0 Å². The van der Waals surface area contributed by atoms with Gasteiger partial charge in [-0.3, -0.25) is 14.6 Å². The molecule has 5 nitrogen and oxygen atoms in total. The van der Waals surface area contributed by atoms with Gasteiger partial charge in [-0.2, -0.15) is 0 Å². The number of rotatable bonds is 5. The predicted octanol–water partition coefficient (Wildman–Crippen LogP) is 2.20. The fourth-order valence-corrected chi connectivity index (χ4v) is 2.64. The van der Waals surface area contributed by atoms with Crippen LogP contribution in [0.15, 0.2) is 60.8 Å². The summed E-state index contributed by atoms with van der Waals surface area (Å²) < 4.78 is 13.8. The Kier molecular flexibility index (Phi) is 4.70. The normalized spacial score (nSPS) is 11.9. The number of pyridine rings is 1. The van der Waals surface area contributed by atoms with Crippen LogP contribution in [0.5, 0.6) is 0 Å². The van der Waals surface area contributed by atoms with Crippen LogP contribution in [-0.2, 0) is 11.2 Å². The van der Waals surface area contributed by atoms with Crippen molar-refractivity contribution >= 4 is 22.7 Å². The number of carbonyl (C=O) groups is 2. The molecule has 1 heterocycles. The molecule has 0 bridgehead atoms. The maximum Gasteiger partial charge on any atom is 0.252 e. The summed E-state index contributed by atoms with van der Waals surface area (Å²) in [7, 11) is 0. The standard InChI is InChI=1S/C19H16FN3O2/c20-15-7-3-1-5-12(15)11-17(18(21)24)23-19(25)14-9-10-22-16-8-4-2-6-13(14)16/h1-10,17H,11H2,(H2,21,24)(H,23,25)/t17-/m1/s1. The van der Waals surface area contributed by atoms with E-state index in [0.29, 0.717) is 22.0 Å². The van der Waals surface area contributed by atoms with Gasteiger partial charge in [-0.05, 0) is 23.8 Å². The Balaban J connectivity index is 1.86. The third-order valence-electron chi connectivity index (χ3n) is 3.92. The van der Waals surface area contributed by atoms with E-state index in [0.717, 1.165) is 0 Å². The average Bonchev–Trinajstić information content (AvgIpc) is 2.62. The number of para-hydroxylation sites is 1. The third kappa shape index (κ3) is 3.63. The Labute approximate surface area is 143 Å². The summed E-state index contributed by atoms with van der Waals surface area (Å²) in [6.45, 7) is 0. The van der Waals surface area contributed by atoms with Gasteiger partial charge in [0.05, 0.1) is 11.1 Å². The van der Waals surface area contributed by atoms with Gasteiger partial charge in [-0.25, -0.2) is 4.39 Å². The van der Waals surface area contributed by atoms with Crippen LogP contribution in [0.4, 0.5) is 4.39 Å². The van der Waals surface area contributed by atoms with E-state index in [1.165, 1.54) is 12.3 Å². The summed E-state index contributed by atoms with van der Waals surface area (Å²) in [5.74, 6) is -1.63. The van der Waals surface area contributed by atoms with Crippen LogP contribution in [0.3, 0.4) is 0 Å². The van der Waals surface area contributed by atoms with E-state index in [-0.39, 0.29) is 6.42 Å². The van der Waals surface area contributed by atoms with Crippen LogP contribution in [0.25, 0.3) is 10.9 Å². The summed E-state index contributed by atoms with van der Waals surface area (Å²) in [6.07, 6.45) is 1.50. The van der Waals surface area contributed by atoms with Crippen molar-refractivity contribution in [2.75, 3.05) is 0 Å². The molecule has 126 valence electrons. The van der Waals surface area contributed by atoms with E-state index < -0.39 is 23.7 Å². The molecule has 0 aliphatic rings. The number of primary amides is 1. The Hall–Kier alpha value is -3.28. The van der Waals surface area contributed by atoms with Crippen molar-refractivity contribution in [3.8, 4) is 0 Å². The van der Waals surface area contributed by atoms with Gasteiger partial charge in [0, 0.05) is 18.0 Å². The first-order valence-electron chi connectivity index (χ1n) is 7.73. The Morgan fingerprint density at radius 1 is 1.08 bits per heavy atom. The molecule has 2 amide bonds. The number of aromatic nitrogens is 1. The first-order chi connectivity index (χ1) is 12.1. The van der Waals surface area contributed by atoms with Crippen LogP contribution in [0.1, 0.15) is 15.9 Å². The molecule has 25 heavy (non-hydrogen) atoms. The molecule has 0 spiro atoms. The van der Waals surface area contributed by atoms with Crippen molar-refractivity contribution < 1.29 is 14.0 Å². The van der Waals surface area contributed by atoms with Gasteiger partial charge in [0.25, 0.3) is 5.91 Å². The molecule has 0 aliphatic heterocycles. The number of carbonyl (C=O) groups excluding carboxylic acids is 2. The van der Waals surface area contributed by atoms with Gasteiger partial charge in [0.2, 0.25) is 5.91 Å². The van der Waals surface area contributed by atoms with Crippen molar-refractivity contribution in [1.82, 2.24) is 10.3 Å². The van der Waals surface area contributed by atoms with E-state index in [9.17, 15) is 14.0 Å². The summed E-state index contributed by atoms with van der Waals surface area (Å²) in [5.41, 5.74) is 6.74. The molecule has 0 aliphatic carbocycles. The number of amides is 2. The molecular formula is C19H16FN3O2. The maximum absolute atomic E-state index is 13.8. The van der Waals surface area contributed by atoms with Gasteiger partial charge in [-0.1, -0.05) is 36.4 Å². The Morgan fingerprint density at radius 3 is 2.56 bits per heavy atom. The summed E-state index contributed by atoms with van der Waals surface area (Å²) >= 11 is 0. The number of benzene rings is 2. The quantitative estimate of drug-likeness (QED) is 0.748. The topological polar surface area (TPSA) is 85.1 Å². The number of nitrogens with one attached hydrogen (secondary N) is 1. The maximum atomic E-state index is 13.8. The smallest absolute Gasteiger partial charge is 0.252 e. The molecule has 0 radical (unpaired) electrons. The molecule has 2 aromatic carbocycles. The zero-order valence-electron chi connectivity index (χ0n) is 13.3. The second kappa shape index (κ2) is 7.09. The zero-order valence-corrected chi connectivity index (χ0v) is 13.3. The number of hydrogen-bond donors (Lipinski definition) is 2. The first-order valence-corrected chi connectivity index (χ1v) is 7.73. The van der Waals surface area contributed by atoms with Gasteiger partial charge >= 0.3 is 0 Å². The molecule has 0 unspecified atom stereocenters. The van der Waals surface area contributed by atoms with E-state index in [2.05, 4.69) is 10.3 Å². The van der Waals surface area contributed by atoms with E-state index >= 15 is 0 Å². The molecule has 0 saturated heterocycles. The lowest BCUT2D eigenvalue weighted by molar-refractivity contribution is -0.119. The third-order valence-corrected chi connectivity index (χ3v) is 3.92. The minimum Gasteiger partial charge on any atom is -0.368 e. The molecule has 1 aromatic heterocycles. The van der Waals surface area contributed by atoms with Gasteiger partial charge < -0.3 is 11.1 Å². The van der Waals surface area contributed by atoms with Crippen molar-refractivity contribution in [3.63, 3.8) is 0 Å². The highest BCUT2D eigenvalue weighted by Crippen LogP contribution is 2.16. The van der Waals surface area contributed by atoms with Gasteiger partial charge in [0.1, 0.15) is 11.9 Å². The highest BCUT2D eigenvalue weighted by Gasteiger charge is 2.21. The molecule has 0 saturated carbocycles. The number of nitrogens with zero attached hydrogens (tertiary/aromatic N) is 1. The molecular weight excluding hydrogens is 321 g/mol. The predicted molar refractivity (Wildman–Crippen MR) is 92.3 cm³/mol. The number of hydrogen-bond acceptors (Lipinski definition) is 3. The van der Waals surface area contributed by atoms with Crippen molar-refractivity contribution in [2.24, 2.45) is 5.73 Å². The van der Waals surface area contributed by atoms with Crippen LogP contribution < -0.4 is 11.1 Å². The monoisotopic (exact) mass is 337 g/mol. The average molecular weight is 337 g/mol. The second-order valence-electron chi connectivity index (χ2n) is 5.60. The Bertz CT molecular complexity index is 937. The molecule has 0 fully saturated rings. The first kappa shape index (κ1) is 16.6. The molecule has 1 atom stereocenters. The van der Waals surface area contributed by atoms with Gasteiger partial charge in [0.15, 0.2) is 0 Å². The number of halogens is 1. The Morgan fingerprint density at radius 2 is 1.80 bits per heavy atom. The zero-order chi connectivity index (χ0) is 17.8.